The topological polar surface area (TPSA) is 0 Å². The third-order valence-electron chi connectivity index (χ3n) is 4.62. The molecule has 0 nitrogen and oxygen atoms in total. The highest BCUT2D eigenvalue weighted by molar-refractivity contribution is 5.47. The van der Waals surface area contributed by atoms with Gasteiger partial charge >= 0.3 is 0 Å². The van der Waals surface area contributed by atoms with Crippen LogP contribution in [0, 0.1) is 0 Å². The average Bonchev–Trinajstić information content (AvgIpc) is 2.96. The molecule has 0 heteroatoms. The van der Waals surface area contributed by atoms with Gasteiger partial charge in [0.15, 0.2) is 0 Å². The van der Waals surface area contributed by atoms with Crippen LogP contribution in [0.3, 0.4) is 0 Å². The van der Waals surface area contributed by atoms with Gasteiger partial charge in [-0.3, -0.25) is 0 Å². The quantitative estimate of drug-likeness (QED) is 0.603. The van der Waals surface area contributed by atoms with Crippen LogP contribution in [0.1, 0.15) is 34.1 Å². The van der Waals surface area contributed by atoms with Crippen LogP contribution < -0.4 is 0 Å². The number of rotatable bonds is 2. The maximum Gasteiger partial charge on any atom is 0.0164 e. The van der Waals surface area contributed by atoms with Crippen molar-refractivity contribution in [3.8, 4) is 0 Å². The molecule has 102 valence electrons. The lowest BCUT2D eigenvalue weighted by Crippen LogP contribution is -2.07. The molecule has 3 aromatic carbocycles. The predicted octanol–water partition coefficient (Wildman–Crippen LogP) is 5.16. The molecule has 0 radical (unpaired) electrons. The first-order valence-corrected chi connectivity index (χ1v) is 7.61. The van der Waals surface area contributed by atoms with E-state index in [1.54, 1.807) is 0 Å². The van der Waals surface area contributed by atoms with E-state index < -0.39 is 0 Å². The summed E-state index contributed by atoms with van der Waals surface area (Å²) in [7, 11) is 0. The molecule has 21 heavy (non-hydrogen) atoms. The third-order valence-corrected chi connectivity index (χ3v) is 4.62. The number of hydrogen-bond donors (Lipinski definition) is 0. The average molecular weight is 270 g/mol. The molecular weight excluding hydrogens is 252 g/mol. The van der Waals surface area contributed by atoms with Gasteiger partial charge in [0.2, 0.25) is 0 Å². The van der Waals surface area contributed by atoms with Gasteiger partial charge in [-0.15, -0.1) is 0 Å². The van der Waals surface area contributed by atoms with Crippen LogP contribution in [0.2, 0.25) is 0 Å². The Labute approximate surface area is 126 Å². The lowest BCUT2D eigenvalue weighted by Gasteiger charge is -2.21. The molecule has 0 N–H and O–H groups in total. The molecule has 4 rings (SSSR count). The first kappa shape index (κ1) is 12.4. The van der Waals surface area contributed by atoms with Gasteiger partial charge in [-0.1, -0.05) is 84.9 Å². The van der Waals surface area contributed by atoms with E-state index in [0.717, 1.165) is 6.42 Å². The van der Waals surface area contributed by atoms with E-state index in [1.165, 1.54) is 22.3 Å². The standard InChI is InChI=1S/C21H18/c1-3-9-16(10-4-1)20-15-18-13-7-8-14-19(18)21(20)17-11-5-2-6-12-17/h1-14,20-21H,15H2/t20-,21-/m0/s1. The summed E-state index contributed by atoms with van der Waals surface area (Å²) >= 11 is 0. The van der Waals surface area contributed by atoms with Crippen molar-refractivity contribution in [2.24, 2.45) is 0 Å². The molecule has 0 bridgehead atoms. The van der Waals surface area contributed by atoms with E-state index in [2.05, 4.69) is 84.9 Å². The zero-order valence-corrected chi connectivity index (χ0v) is 11.9. The third kappa shape index (κ3) is 2.17. The summed E-state index contributed by atoms with van der Waals surface area (Å²) in [6, 6.07) is 30.8. The Balaban J connectivity index is 1.85. The molecule has 0 saturated carbocycles. The summed E-state index contributed by atoms with van der Waals surface area (Å²) in [5.41, 5.74) is 5.87. The summed E-state index contributed by atoms with van der Waals surface area (Å²) in [5, 5.41) is 0. The largest absolute Gasteiger partial charge is 0.0622 e. The maximum atomic E-state index is 2.30. The van der Waals surface area contributed by atoms with Gasteiger partial charge in [-0.2, -0.15) is 0 Å². The van der Waals surface area contributed by atoms with Gasteiger partial charge in [-0.25, -0.2) is 0 Å². The molecule has 0 aromatic heterocycles. The summed E-state index contributed by atoms with van der Waals surface area (Å²) in [4.78, 5) is 0. The number of hydrogen-bond acceptors (Lipinski definition) is 0. The van der Waals surface area contributed by atoms with E-state index >= 15 is 0 Å². The second-order valence-electron chi connectivity index (χ2n) is 5.81. The minimum absolute atomic E-state index is 0.477. The van der Waals surface area contributed by atoms with Gasteiger partial charge in [0.1, 0.15) is 0 Å². The molecule has 0 saturated heterocycles. The van der Waals surface area contributed by atoms with Crippen LogP contribution >= 0.6 is 0 Å². The summed E-state index contributed by atoms with van der Waals surface area (Å²) in [6.45, 7) is 0. The fraction of sp³-hybridized carbons (Fsp3) is 0.143. The van der Waals surface area contributed by atoms with E-state index in [9.17, 15) is 0 Å². The zero-order chi connectivity index (χ0) is 14.1. The summed E-state index contributed by atoms with van der Waals surface area (Å²) in [6.07, 6.45) is 1.14. The van der Waals surface area contributed by atoms with E-state index in [4.69, 9.17) is 0 Å². The van der Waals surface area contributed by atoms with Crippen LogP contribution in [0.25, 0.3) is 0 Å². The Morgan fingerprint density at radius 3 is 1.86 bits per heavy atom. The Kier molecular flexibility index (Phi) is 3.08. The van der Waals surface area contributed by atoms with E-state index in [-0.39, 0.29) is 0 Å². The molecule has 0 amide bonds. The highest BCUT2D eigenvalue weighted by atomic mass is 14.4. The number of benzene rings is 3. The fourth-order valence-corrected chi connectivity index (χ4v) is 3.68. The predicted molar refractivity (Wildman–Crippen MR) is 87.6 cm³/mol. The minimum Gasteiger partial charge on any atom is -0.0622 e. The van der Waals surface area contributed by atoms with Crippen molar-refractivity contribution in [1.82, 2.24) is 0 Å². The molecule has 0 unspecified atom stereocenters. The van der Waals surface area contributed by atoms with Crippen LogP contribution in [0.15, 0.2) is 84.9 Å². The van der Waals surface area contributed by atoms with Crippen LogP contribution in [0.4, 0.5) is 0 Å². The van der Waals surface area contributed by atoms with Gasteiger partial charge in [0.25, 0.3) is 0 Å². The normalized spacial score (nSPS) is 20.2. The van der Waals surface area contributed by atoms with Crippen molar-refractivity contribution in [2.45, 2.75) is 18.3 Å². The monoisotopic (exact) mass is 270 g/mol. The zero-order valence-electron chi connectivity index (χ0n) is 11.9. The summed E-state index contributed by atoms with van der Waals surface area (Å²) < 4.78 is 0. The van der Waals surface area contributed by atoms with Gasteiger partial charge in [-0.05, 0) is 34.6 Å². The molecule has 0 heterocycles. The van der Waals surface area contributed by atoms with Gasteiger partial charge in [0.05, 0.1) is 0 Å². The Morgan fingerprint density at radius 1 is 0.571 bits per heavy atom. The van der Waals surface area contributed by atoms with Crippen molar-refractivity contribution >= 4 is 0 Å². The molecule has 3 aromatic rings. The minimum atomic E-state index is 0.477. The van der Waals surface area contributed by atoms with Crippen LogP contribution in [-0.4, -0.2) is 0 Å². The summed E-state index contributed by atoms with van der Waals surface area (Å²) in [5.74, 6) is 1.02. The number of fused-ring (bicyclic) bond motifs is 1. The highest BCUT2D eigenvalue weighted by Gasteiger charge is 2.33. The molecule has 1 aliphatic carbocycles. The Morgan fingerprint density at radius 2 is 1.14 bits per heavy atom. The van der Waals surface area contributed by atoms with Gasteiger partial charge in [0, 0.05) is 5.92 Å². The van der Waals surface area contributed by atoms with Crippen molar-refractivity contribution in [1.29, 1.82) is 0 Å². The second-order valence-corrected chi connectivity index (χ2v) is 5.81. The Bertz CT molecular complexity index is 728. The maximum absolute atomic E-state index is 2.30. The van der Waals surface area contributed by atoms with Crippen molar-refractivity contribution in [3.63, 3.8) is 0 Å². The lowest BCUT2D eigenvalue weighted by atomic mass is 9.82. The Hall–Kier alpha value is -2.34. The molecule has 1 aliphatic rings. The smallest absolute Gasteiger partial charge is 0.0164 e. The second kappa shape index (κ2) is 5.21. The van der Waals surface area contributed by atoms with Crippen LogP contribution in [0.5, 0.6) is 0 Å². The highest BCUT2D eigenvalue weighted by Crippen LogP contribution is 2.47. The SMILES string of the molecule is c1ccc([C@H]2c3ccccc3C[C@H]2c2ccccc2)cc1. The lowest BCUT2D eigenvalue weighted by molar-refractivity contribution is 0.657. The van der Waals surface area contributed by atoms with Crippen LogP contribution in [-0.2, 0) is 6.42 Å². The molecule has 0 spiro atoms. The molecule has 0 aliphatic heterocycles. The van der Waals surface area contributed by atoms with E-state index in [1.807, 2.05) is 0 Å². The molecule has 2 atom stereocenters. The van der Waals surface area contributed by atoms with Crippen molar-refractivity contribution < 1.29 is 0 Å². The van der Waals surface area contributed by atoms with Gasteiger partial charge < -0.3 is 0 Å². The first-order chi connectivity index (χ1) is 10.4. The van der Waals surface area contributed by atoms with Crippen molar-refractivity contribution in [3.05, 3.63) is 107 Å². The first-order valence-electron chi connectivity index (χ1n) is 7.61. The van der Waals surface area contributed by atoms with E-state index in [0.29, 0.717) is 11.8 Å². The molecular formula is C21H18. The van der Waals surface area contributed by atoms with Crippen molar-refractivity contribution in [2.75, 3.05) is 0 Å². The fourth-order valence-electron chi connectivity index (χ4n) is 3.68. The molecule has 0 fully saturated rings.